The van der Waals surface area contributed by atoms with Crippen LogP contribution in [-0.4, -0.2) is 37.2 Å². The van der Waals surface area contributed by atoms with E-state index in [1.54, 1.807) is 0 Å². The SMILES string of the molecule is CC(C)C[C@H](NC(=O)CN)C(=O)NCC=O. The molecule has 0 fully saturated rings. The molecule has 0 aromatic heterocycles. The molecule has 0 bridgehead atoms. The fourth-order valence-electron chi connectivity index (χ4n) is 1.22. The predicted molar refractivity (Wildman–Crippen MR) is 59.5 cm³/mol. The highest BCUT2D eigenvalue weighted by atomic mass is 16.2. The molecular formula is C10H19N3O3. The minimum atomic E-state index is -0.629. The summed E-state index contributed by atoms with van der Waals surface area (Å²) in [5.74, 6) is -0.487. The largest absolute Gasteiger partial charge is 0.348 e. The maximum Gasteiger partial charge on any atom is 0.242 e. The Kier molecular flexibility index (Phi) is 7.11. The molecule has 0 unspecified atom stereocenters. The van der Waals surface area contributed by atoms with Crippen molar-refractivity contribution < 1.29 is 14.4 Å². The van der Waals surface area contributed by atoms with Gasteiger partial charge >= 0.3 is 0 Å². The van der Waals surface area contributed by atoms with Crippen molar-refractivity contribution in [2.75, 3.05) is 13.1 Å². The number of aldehydes is 1. The topological polar surface area (TPSA) is 101 Å². The lowest BCUT2D eigenvalue weighted by atomic mass is 10.0. The molecule has 0 spiro atoms. The maximum atomic E-state index is 11.6. The summed E-state index contributed by atoms with van der Waals surface area (Å²) in [7, 11) is 0. The first-order chi connectivity index (χ1) is 7.51. The monoisotopic (exact) mass is 229 g/mol. The van der Waals surface area contributed by atoms with E-state index in [9.17, 15) is 14.4 Å². The van der Waals surface area contributed by atoms with Gasteiger partial charge in [-0.3, -0.25) is 9.59 Å². The van der Waals surface area contributed by atoms with E-state index in [0.717, 1.165) is 0 Å². The van der Waals surface area contributed by atoms with Crippen LogP contribution in [0.3, 0.4) is 0 Å². The van der Waals surface area contributed by atoms with Gasteiger partial charge in [-0.25, -0.2) is 0 Å². The van der Waals surface area contributed by atoms with Crippen molar-refractivity contribution in [2.45, 2.75) is 26.3 Å². The molecule has 0 saturated heterocycles. The van der Waals surface area contributed by atoms with Crippen LogP contribution in [0.25, 0.3) is 0 Å². The fourth-order valence-corrected chi connectivity index (χ4v) is 1.22. The molecule has 0 rings (SSSR count). The molecule has 0 saturated carbocycles. The second-order valence-corrected chi connectivity index (χ2v) is 3.87. The Morgan fingerprint density at radius 2 is 2.00 bits per heavy atom. The molecule has 92 valence electrons. The molecule has 0 aliphatic carbocycles. The van der Waals surface area contributed by atoms with Crippen molar-refractivity contribution in [1.82, 2.24) is 10.6 Å². The minimum Gasteiger partial charge on any atom is -0.348 e. The summed E-state index contributed by atoms with van der Waals surface area (Å²) in [6, 6.07) is -0.629. The van der Waals surface area contributed by atoms with E-state index in [-0.39, 0.29) is 30.8 Å². The molecule has 0 aliphatic rings. The van der Waals surface area contributed by atoms with Gasteiger partial charge in [0.25, 0.3) is 0 Å². The van der Waals surface area contributed by atoms with Crippen LogP contribution in [0, 0.1) is 5.92 Å². The third kappa shape index (κ3) is 6.13. The number of nitrogens with two attached hydrogens (primary N) is 1. The number of amides is 2. The first kappa shape index (κ1) is 14.6. The Labute approximate surface area is 94.9 Å². The molecule has 4 N–H and O–H groups in total. The van der Waals surface area contributed by atoms with E-state index in [4.69, 9.17) is 5.73 Å². The van der Waals surface area contributed by atoms with Crippen molar-refractivity contribution in [3.63, 3.8) is 0 Å². The van der Waals surface area contributed by atoms with E-state index in [2.05, 4.69) is 10.6 Å². The third-order valence-electron chi connectivity index (χ3n) is 1.90. The highest BCUT2D eigenvalue weighted by molar-refractivity contribution is 5.89. The van der Waals surface area contributed by atoms with Gasteiger partial charge in [0.2, 0.25) is 11.8 Å². The molecule has 0 heterocycles. The zero-order chi connectivity index (χ0) is 12.6. The van der Waals surface area contributed by atoms with Gasteiger partial charge in [0.1, 0.15) is 12.3 Å². The van der Waals surface area contributed by atoms with Crippen molar-refractivity contribution in [3.05, 3.63) is 0 Å². The average molecular weight is 229 g/mol. The van der Waals surface area contributed by atoms with E-state index < -0.39 is 6.04 Å². The highest BCUT2D eigenvalue weighted by Gasteiger charge is 2.20. The maximum absolute atomic E-state index is 11.6. The summed E-state index contributed by atoms with van der Waals surface area (Å²) in [4.78, 5) is 32.8. The lowest BCUT2D eigenvalue weighted by Gasteiger charge is -2.19. The van der Waals surface area contributed by atoms with E-state index in [0.29, 0.717) is 12.7 Å². The van der Waals surface area contributed by atoms with Gasteiger partial charge in [0.15, 0.2) is 0 Å². The zero-order valence-corrected chi connectivity index (χ0v) is 9.66. The van der Waals surface area contributed by atoms with Crippen molar-refractivity contribution in [1.29, 1.82) is 0 Å². The Hall–Kier alpha value is -1.43. The molecule has 6 heteroatoms. The smallest absolute Gasteiger partial charge is 0.242 e. The van der Waals surface area contributed by atoms with Crippen molar-refractivity contribution >= 4 is 18.1 Å². The molecule has 0 aromatic rings. The molecular weight excluding hydrogens is 210 g/mol. The Bertz CT molecular complexity index is 254. The number of nitrogens with one attached hydrogen (secondary N) is 2. The van der Waals surface area contributed by atoms with Gasteiger partial charge in [-0.2, -0.15) is 0 Å². The minimum absolute atomic E-state index is 0.0497. The second kappa shape index (κ2) is 7.81. The van der Waals surface area contributed by atoms with E-state index in [1.165, 1.54) is 0 Å². The summed E-state index contributed by atoms with van der Waals surface area (Å²) in [5.41, 5.74) is 5.15. The van der Waals surface area contributed by atoms with Crippen LogP contribution in [0.4, 0.5) is 0 Å². The summed E-state index contributed by atoms with van der Waals surface area (Å²) in [6.45, 7) is 3.67. The normalized spacial score (nSPS) is 12.0. The molecule has 0 aliphatic heterocycles. The Morgan fingerprint density at radius 1 is 1.38 bits per heavy atom. The van der Waals surface area contributed by atoms with Crippen LogP contribution in [0.15, 0.2) is 0 Å². The van der Waals surface area contributed by atoms with Gasteiger partial charge in [0, 0.05) is 0 Å². The Morgan fingerprint density at radius 3 is 2.44 bits per heavy atom. The molecule has 16 heavy (non-hydrogen) atoms. The van der Waals surface area contributed by atoms with Crippen LogP contribution >= 0.6 is 0 Å². The van der Waals surface area contributed by atoms with Gasteiger partial charge in [-0.15, -0.1) is 0 Å². The van der Waals surface area contributed by atoms with Crippen LogP contribution in [0.5, 0.6) is 0 Å². The molecule has 0 aromatic carbocycles. The Balaban J connectivity index is 4.33. The summed E-state index contributed by atoms with van der Waals surface area (Å²) < 4.78 is 0. The fraction of sp³-hybridized carbons (Fsp3) is 0.700. The van der Waals surface area contributed by atoms with Crippen LogP contribution in [0.1, 0.15) is 20.3 Å². The third-order valence-corrected chi connectivity index (χ3v) is 1.90. The first-order valence-electron chi connectivity index (χ1n) is 5.22. The predicted octanol–water partition coefficient (Wildman–Crippen LogP) is -1.21. The summed E-state index contributed by atoms with van der Waals surface area (Å²) in [6.07, 6.45) is 1.10. The van der Waals surface area contributed by atoms with Gasteiger partial charge < -0.3 is 21.2 Å². The highest BCUT2D eigenvalue weighted by Crippen LogP contribution is 2.04. The molecule has 1 atom stereocenters. The summed E-state index contributed by atoms with van der Waals surface area (Å²) >= 11 is 0. The number of rotatable bonds is 7. The molecule has 2 amide bonds. The van der Waals surface area contributed by atoms with Gasteiger partial charge in [0.05, 0.1) is 13.1 Å². The van der Waals surface area contributed by atoms with E-state index >= 15 is 0 Å². The molecule has 6 nitrogen and oxygen atoms in total. The van der Waals surface area contributed by atoms with Gasteiger partial charge in [-0.1, -0.05) is 13.8 Å². The first-order valence-corrected chi connectivity index (χ1v) is 5.22. The standard InChI is InChI=1S/C10H19N3O3/c1-7(2)5-8(13-9(15)6-11)10(16)12-3-4-14/h4,7-8H,3,5-6,11H2,1-2H3,(H,12,16)(H,13,15)/t8-/m0/s1. The lowest BCUT2D eigenvalue weighted by molar-refractivity contribution is -0.129. The zero-order valence-electron chi connectivity index (χ0n) is 9.66. The van der Waals surface area contributed by atoms with Gasteiger partial charge in [-0.05, 0) is 12.3 Å². The van der Waals surface area contributed by atoms with Crippen LogP contribution in [0.2, 0.25) is 0 Å². The van der Waals surface area contributed by atoms with Crippen molar-refractivity contribution in [2.24, 2.45) is 11.7 Å². The molecule has 0 radical (unpaired) electrons. The average Bonchev–Trinajstić information content (AvgIpc) is 2.24. The number of hydrogen-bond donors (Lipinski definition) is 3. The number of hydrogen-bond acceptors (Lipinski definition) is 4. The van der Waals surface area contributed by atoms with Crippen molar-refractivity contribution in [3.8, 4) is 0 Å². The van der Waals surface area contributed by atoms with E-state index in [1.807, 2.05) is 13.8 Å². The second-order valence-electron chi connectivity index (χ2n) is 3.87. The number of carbonyl (C=O) groups excluding carboxylic acids is 3. The van der Waals surface area contributed by atoms with Crippen LogP contribution in [-0.2, 0) is 14.4 Å². The quantitative estimate of drug-likeness (QED) is 0.477. The number of carbonyl (C=O) groups is 3. The van der Waals surface area contributed by atoms with Crippen LogP contribution < -0.4 is 16.4 Å². The summed E-state index contributed by atoms with van der Waals surface area (Å²) in [5, 5.41) is 4.92. The lowest BCUT2D eigenvalue weighted by Crippen LogP contribution is -2.49.